The van der Waals surface area contributed by atoms with Gasteiger partial charge < -0.3 is 10.2 Å². The molecule has 1 aromatic rings. The molecule has 4 amide bonds. The first-order valence-corrected chi connectivity index (χ1v) is 12.5. The second-order valence-corrected chi connectivity index (χ2v) is 10.3. The smallest absolute Gasteiger partial charge is 0.329 e. The van der Waals surface area contributed by atoms with Crippen molar-refractivity contribution < 1.29 is 14.4 Å². The molecule has 33 heavy (non-hydrogen) atoms. The van der Waals surface area contributed by atoms with Crippen molar-refractivity contribution in [1.29, 1.82) is 0 Å². The van der Waals surface area contributed by atoms with Crippen LogP contribution in [0.1, 0.15) is 44.9 Å². The Hall–Kier alpha value is -2.67. The van der Waals surface area contributed by atoms with Crippen LogP contribution in [-0.4, -0.2) is 65.4 Å². The molecule has 0 aromatic heterocycles. The highest BCUT2D eigenvalue weighted by atomic mass is 16.2. The van der Waals surface area contributed by atoms with E-state index in [-0.39, 0.29) is 24.3 Å². The van der Waals surface area contributed by atoms with Gasteiger partial charge in [-0.05, 0) is 62.6 Å². The van der Waals surface area contributed by atoms with E-state index in [4.69, 9.17) is 0 Å². The summed E-state index contributed by atoms with van der Waals surface area (Å²) in [6, 6.07) is 8.49. The number of rotatable bonds is 3. The van der Waals surface area contributed by atoms with E-state index in [9.17, 15) is 14.4 Å². The molecule has 5 atom stereocenters. The second kappa shape index (κ2) is 8.28. The Labute approximate surface area is 194 Å². The Kier molecular flexibility index (Phi) is 5.24. The van der Waals surface area contributed by atoms with Crippen LogP contribution in [0.3, 0.4) is 0 Å². The molecule has 1 aliphatic carbocycles. The number of benzene rings is 1. The van der Waals surface area contributed by atoms with Crippen LogP contribution in [0, 0.1) is 11.8 Å². The number of imide groups is 1. The van der Waals surface area contributed by atoms with Gasteiger partial charge in [-0.15, -0.1) is 0 Å². The largest absolute Gasteiger partial charge is 0.336 e. The topological polar surface area (TPSA) is 73.0 Å². The van der Waals surface area contributed by atoms with Gasteiger partial charge in [0.2, 0.25) is 5.91 Å². The Morgan fingerprint density at radius 3 is 2.76 bits per heavy atom. The lowest BCUT2D eigenvalue weighted by atomic mass is 9.68. The van der Waals surface area contributed by atoms with Crippen LogP contribution >= 0.6 is 0 Å². The predicted molar refractivity (Wildman–Crippen MR) is 124 cm³/mol. The highest BCUT2D eigenvalue weighted by molar-refractivity contribution is 6.22. The Morgan fingerprint density at radius 2 is 1.91 bits per heavy atom. The number of para-hydroxylation sites is 1. The number of hydrogen-bond donors (Lipinski definition) is 1. The number of anilines is 1. The average molecular weight is 449 g/mol. The van der Waals surface area contributed by atoms with Crippen molar-refractivity contribution in [3.05, 3.63) is 42.0 Å². The lowest BCUT2D eigenvalue weighted by Gasteiger charge is -2.54. The first kappa shape index (κ1) is 20.9. The molecule has 1 N–H and O–H groups in total. The number of urea groups is 1. The molecular weight excluding hydrogens is 416 g/mol. The van der Waals surface area contributed by atoms with Crippen molar-refractivity contribution in [2.24, 2.45) is 11.8 Å². The Bertz CT molecular complexity index is 993. The molecule has 0 saturated carbocycles. The van der Waals surface area contributed by atoms with Crippen LogP contribution in [0.4, 0.5) is 10.5 Å². The third-order valence-corrected chi connectivity index (χ3v) is 8.39. The number of piperidine rings is 3. The Balaban J connectivity index is 1.19. The number of fused-ring (bicyclic) bond motifs is 6. The fraction of sp³-hybridized carbons (Fsp3) is 0.577. The standard InChI is InChI=1S/C26H32N4O3/c31-23(15-21-25(32)30(26(33)27-21)20-8-2-1-3-9-20)29-12-6-7-17-13-18-14-19(24(17)29)16-28-11-5-4-10-22(18)28/h1-3,8-9,13,18-19,21-22,24H,4-7,10-12,14-16H2,(H,27,33)/t18-,19+,21?,22-,24-/m1/s1. The zero-order valence-corrected chi connectivity index (χ0v) is 19.0. The SMILES string of the molecule is O=C1NC(CC(=O)N2CCCC3=C[C@@H]4C[C@@H](CN5CCCC[C@H]45)[C@@H]32)C(=O)N1c1ccccc1. The summed E-state index contributed by atoms with van der Waals surface area (Å²) in [5.74, 6) is 0.743. The molecule has 1 unspecified atom stereocenters. The second-order valence-electron chi connectivity index (χ2n) is 10.3. The predicted octanol–water partition coefficient (Wildman–Crippen LogP) is 2.92. The quantitative estimate of drug-likeness (QED) is 0.570. The molecule has 7 heteroatoms. The molecule has 1 aromatic carbocycles. The van der Waals surface area contributed by atoms with Gasteiger partial charge in [-0.1, -0.05) is 36.3 Å². The van der Waals surface area contributed by atoms with Gasteiger partial charge in [0.25, 0.3) is 5.91 Å². The molecule has 2 bridgehead atoms. The van der Waals surface area contributed by atoms with Crippen LogP contribution in [-0.2, 0) is 9.59 Å². The first-order chi connectivity index (χ1) is 16.1. The van der Waals surface area contributed by atoms with Gasteiger partial charge in [-0.3, -0.25) is 14.5 Å². The number of hydrogen-bond acceptors (Lipinski definition) is 4. The highest BCUT2D eigenvalue weighted by Crippen LogP contribution is 2.45. The van der Waals surface area contributed by atoms with Gasteiger partial charge in [0.05, 0.1) is 18.2 Å². The molecule has 4 heterocycles. The van der Waals surface area contributed by atoms with Crippen LogP contribution in [0.15, 0.2) is 42.0 Å². The van der Waals surface area contributed by atoms with E-state index in [2.05, 4.69) is 16.3 Å². The molecule has 7 nitrogen and oxygen atoms in total. The molecule has 6 rings (SSSR count). The lowest BCUT2D eigenvalue weighted by Crippen LogP contribution is -2.60. The molecule has 0 radical (unpaired) electrons. The summed E-state index contributed by atoms with van der Waals surface area (Å²) >= 11 is 0. The zero-order chi connectivity index (χ0) is 22.5. The summed E-state index contributed by atoms with van der Waals surface area (Å²) < 4.78 is 0. The maximum absolute atomic E-state index is 13.5. The first-order valence-electron chi connectivity index (χ1n) is 12.5. The lowest BCUT2D eigenvalue weighted by molar-refractivity contribution is -0.138. The molecule has 4 saturated heterocycles. The number of nitrogens with zero attached hydrogens (tertiary/aromatic N) is 3. The highest BCUT2D eigenvalue weighted by Gasteiger charge is 2.48. The van der Waals surface area contributed by atoms with Gasteiger partial charge in [0, 0.05) is 19.1 Å². The molecule has 174 valence electrons. The third-order valence-electron chi connectivity index (χ3n) is 8.39. The fourth-order valence-electron chi connectivity index (χ4n) is 7.04. The van der Waals surface area contributed by atoms with Crippen molar-refractivity contribution in [1.82, 2.24) is 15.1 Å². The number of carbonyl (C=O) groups excluding carboxylic acids is 3. The maximum atomic E-state index is 13.5. The van der Waals surface area contributed by atoms with Crippen LogP contribution in [0.5, 0.6) is 0 Å². The van der Waals surface area contributed by atoms with Crippen molar-refractivity contribution in [3.8, 4) is 0 Å². The van der Waals surface area contributed by atoms with E-state index in [1.165, 1.54) is 37.8 Å². The average Bonchev–Trinajstić information content (AvgIpc) is 3.11. The molecule has 0 spiro atoms. The van der Waals surface area contributed by atoms with Gasteiger partial charge in [-0.2, -0.15) is 0 Å². The van der Waals surface area contributed by atoms with E-state index in [0.29, 0.717) is 23.6 Å². The minimum atomic E-state index is -0.797. The summed E-state index contributed by atoms with van der Waals surface area (Å²) in [5.41, 5.74) is 1.98. The van der Waals surface area contributed by atoms with Crippen molar-refractivity contribution >= 4 is 23.5 Å². The van der Waals surface area contributed by atoms with Crippen molar-refractivity contribution in [3.63, 3.8) is 0 Å². The summed E-state index contributed by atoms with van der Waals surface area (Å²) in [4.78, 5) is 44.9. The molecule has 4 fully saturated rings. The van der Waals surface area contributed by atoms with E-state index >= 15 is 0 Å². The van der Waals surface area contributed by atoms with E-state index in [1.54, 1.807) is 24.3 Å². The summed E-state index contributed by atoms with van der Waals surface area (Å²) in [6.45, 7) is 3.00. The molecule has 4 aliphatic heterocycles. The van der Waals surface area contributed by atoms with Crippen molar-refractivity contribution in [2.45, 2.75) is 63.1 Å². The van der Waals surface area contributed by atoms with Gasteiger partial charge >= 0.3 is 6.03 Å². The monoisotopic (exact) mass is 448 g/mol. The number of carbonyl (C=O) groups is 3. The third kappa shape index (κ3) is 3.57. The number of amides is 4. The van der Waals surface area contributed by atoms with Gasteiger partial charge in [-0.25, -0.2) is 9.69 Å². The molecule has 5 aliphatic rings. The van der Waals surface area contributed by atoms with E-state index in [1.807, 2.05) is 11.0 Å². The molecular formula is C26H32N4O3. The van der Waals surface area contributed by atoms with Gasteiger partial charge in [0.1, 0.15) is 6.04 Å². The van der Waals surface area contributed by atoms with Gasteiger partial charge in [0.15, 0.2) is 0 Å². The van der Waals surface area contributed by atoms with Crippen LogP contribution in [0.2, 0.25) is 0 Å². The normalized spacial score (nSPS) is 33.8. The summed E-state index contributed by atoms with van der Waals surface area (Å²) in [5, 5.41) is 2.74. The van der Waals surface area contributed by atoms with E-state index in [0.717, 1.165) is 30.8 Å². The fourth-order valence-corrected chi connectivity index (χ4v) is 7.04. The summed E-state index contributed by atoms with van der Waals surface area (Å²) in [7, 11) is 0. The number of nitrogens with one attached hydrogen (secondary N) is 1. The van der Waals surface area contributed by atoms with Crippen molar-refractivity contribution in [2.75, 3.05) is 24.5 Å². The zero-order valence-electron chi connectivity index (χ0n) is 19.0. The minimum absolute atomic E-state index is 0.0154. The van der Waals surface area contributed by atoms with Crippen LogP contribution < -0.4 is 10.2 Å². The summed E-state index contributed by atoms with van der Waals surface area (Å²) in [6.07, 6.45) is 9.67. The van der Waals surface area contributed by atoms with E-state index < -0.39 is 12.1 Å². The Morgan fingerprint density at radius 1 is 1.06 bits per heavy atom. The maximum Gasteiger partial charge on any atom is 0.329 e. The number of likely N-dealkylation sites (tertiary alicyclic amines) is 1. The minimum Gasteiger partial charge on any atom is -0.336 e. The van der Waals surface area contributed by atoms with Crippen LogP contribution in [0.25, 0.3) is 0 Å².